The van der Waals surface area contributed by atoms with Crippen molar-refractivity contribution in [3.63, 3.8) is 0 Å². The molecule has 0 aliphatic carbocycles. The summed E-state index contributed by atoms with van der Waals surface area (Å²) in [5.41, 5.74) is 0.780. The average molecular weight is 350 g/mol. The van der Waals surface area contributed by atoms with Crippen LogP contribution in [0.25, 0.3) is 11.5 Å². The number of hydrogen-bond acceptors (Lipinski definition) is 3. The topological polar surface area (TPSA) is 38.9 Å². The first-order valence-corrected chi connectivity index (χ1v) is 7.15. The van der Waals surface area contributed by atoms with Crippen molar-refractivity contribution in [1.82, 2.24) is 10.1 Å². The zero-order valence-corrected chi connectivity index (χ0v) is 12.8. The first-order chi connectivity index (χ1) is 8.61. The van der Waals surface area contributed by atoms with Crippen molar-refractivity contribution >= 4 is 39.1 Å². The number of halogens is 3. The van der Waals surface area contributed by atoms with E-state index in [-0.39, 0.29) is 5.38 Å². The van der Waals surface area contributed by atoms with Gasteiger partial charge in [-0.25, -0.2) is 0 Å². The molecule has 0 bridgehead atoms. The Morgan fingerprint density at radius 2 is 2.22 bits per heavy atom. The molecule has 0 saturated heterocycles. The van der Waals surface area contributed by atoms with E-state index in [2.05, 4.69) is 33.0 Å². The van der Waals surface area contributed by atoms with Crippen molar-refractivity contribution in [3.05, 3.63) is 33.5 Å². The largest absolute Gasteiger partial charge is 0.334 e. The predicted octanol–water partition coefficient (Wildman–Crippen LogP) is 5.23. The van der Waals surface area contributed by atoms with E-state index in [1.54, 1.807) is 6.07 Å². The van der Waals surface area contributed by atoms with Gasteiger partial charge in [0.2, 0.25) is 0 Å². The van der Waals surface area contributed by atoms with Crippen molar-refractivity contribution in [1.29, 1.82) is 0 Å². The molecule has 2 aromatic rings. The molecular weight excluding hydrogens is 339 g/mol. The van der Waals surface area contributed by atoms with Crippen molar-refractivity contribution < 1.29 is 4.52 Å². The molecule has 0 radical (unpaired) electrons. The Morgan fingerprint density at radius 3 is 2.89 bits per heavy atom. The van der Waals surface area contributed by atoms with Gasteiger partial charge in [-0.3, -0.25) is 0 Å². The summed E-state index contributed by atoms with van der Waals surface area (Å²) in [6.07, 6.45) is 1.80. The molecule has 0 amide bonds. The van der Waals surface area contributed by atoms with Gasteiger partial charge in [-0.05, 0) is 40.5 Å². The summed E-state index contributed by atoms with van der Waals surface area (Å²) in [6.45, 7) is 2.06. The highest BCUT2D eigenvalue weighted by atomic mass is 79.9. The Bertz CT molecular complexity index is 545. The van der Waals surface area contributed by atoms with Gasteiger partial charge in [-0.15, -0.1) is 11.6 Å². The van der Waals surface area contributed by atoms with Crippen LogP contribution < -0.4 is 0 Å². The SMILES string of the molecule is CCCC(Cl)c1noc(-c2ccc(Br)c(Cl)c2)n1. The van der Waals surface area contributed by atoms with Gasteiger partial charge in [0.25, 0.3) is 5.89 Å². The number of hydrogen-bond donors (Lipinski definition) is 0. The standard InChI is InChI=1S/C12H11BrCl2N2O/c1-2-3-9(14)11-16-12(18-17-11)7-4-5-8(13)10(15)6-7/h4-6,9H,2-3H2,1H3. The van der Waals surface area contributed by atoms with Crippen LogP contribution in [0.4, 0.5) is 0 Å². The third-order valence-electron chi connectivity index (χ3n) is 2.43. The Labute approximate surface area is 124 Å². The number of aromatic nitrogens is 2. The van der Waals surface area contributed by atoms with Crippen LogP contribution in [-0.2, 0) is 0 Å². The minimum absolute atomic E-state index is 0.210. The molecule has 2 rings (SSSR count). The van der Waals surface area contributed by atoms with E-state index in [1.807, 2.05) is 12.1 Å². The van der Waals surface area contributed by atoms with E-state index in [9.17, 15) is 0 Å². The summed E-state index contributed by atoms with van der Waals surface area (Å²) in [6, 6.07) is 5.47. The van der Waals surface area contributed by atoms with Crippen LogP contribution in [0.15, 0.2) is 27.2 Å². The number of rotatable bonds is 4. The third kappa shape index (κ3) is 3.05. The normalized spacial score (nSPS) is 12.7. The Morgan fingerprint density at radius 1 is 1.44 bits per heavy atom. The molecule has 1 atom stereocenters. The van der Waals surface area contributed by atoms with E-state index >= 15 is 0 Å². The Kier molecular flexibility index (Phi) is 4.65. The van der Waals surface area contributed by atoms with Gasteiger partial charge in [-0.2, -0.15) is 4.98 Å². The lowest BCUT2D eigenvalue weighted by atomic mass is 10.2. The highest BCUT2D eigenvalue weighted by Gasteiger charge is 2.16. The molecule has 0 spiro atoms. The second kappa shape index (κ2) is 6.04. The van der Waals surface area contributed by atoms with Crippen molar-refractivity contribution in [2.45, 2.75) is 25.1 Å². The molecule has 0 aliphatic heterocycles. The molecule has 6 heteroatoms. The highest BCUT2D eigenvalue weighted by Crippen LogP contribution is 2.30. The lowest BCUT2D eigenvalue weighted by Crippen LogP contribution is -1.92. The predicted molar refractivity (Wildman–Crippen MR) is 75.9 cm³/mol. The second-order valence-corrected chi connectivity index (χ2v) is 5.63. The molecule has 0 saturated carbocycles. The fourth-order valence-electron chi connectivity index (χ4n) is 1.49. The molecule has 3 nitrogen and oxygen atoms in total. The summed E-state index contributed by atoms with van der Waals surface area (Å²) >= 11 is 15.5. The summed E-state index contributed by atoms with van der Waals surface area (Å²) in [7, 11) is 0. The first-order valence-electron chi connectivity index (χ1n) is 5.55. The lowest BCUT2D eigenvalue weighted by molar-refractivity contribution is 0.420. The third-order valence-corrected chi connectivity index (χ3v) is 4.08. The van der Waals surface area contributed by atoms with Crippen LogP contribution in [0.5, 0.6) is 0 Å². The van der Waals surface area contributed by atoms with Gasteiger partial charge in [0, 0.05) is 10.0 Å². The maximum absolute atomic E-state index is 6.15. The van der Waals surface area contributed by atoms with Gasteiger partial charge >= 0.3 is 0 Å². The van der Waals surface area contributed by atoms with Crippen LogP contribution in [0, 0.1) is 0 Å². The second-order valence-electron chi connectivity index (χ2n) is 3.84. The fourth-order valence-corrected chi connectivity index (χ4v) is 2.23. The van der Waals surface area contributed by atoms with E-state index in [0.29, 0.717) is 16.7 Å². The number of alkyl halides is 1. The average Bonchev–Trinajstić information content (AvgIpc) is 2.82. The zero-order chi connectivity index (χ0) is 13.1. The van der Waals surface area contributed by atoms with E-state index in [0.717, 1.165) is 22.9 Å². The van der Waals surface area contributed by atoms with E-state index in [4.69, 9.17) is 27.7 Å². The highest BCUT2D eigenvalue weighted by molar-refractivity contribution is 9.10. The molecule has 18 heavy (non-hydrogen) atoms. The molecule has 1 aromatic heterocycles. The monoisotopic (exact) mass is 348 g/mol. The van der Waals surface area contributed by atoms with Crippen LogP contribution in [0.2, 0.25) is 5.02 Å². The fraction of sp³-hybridized carbons (Fsp3) is 0.333. The zero-order valence-electron chi connectivity index (χ0n) is 9.66. The maximum Gasteiger partial charge on any atom is 0.258 e. The van der Waals surface area contributed by atoms with Crippen LogP contribution in [-0.4, -0.2) is 10.1 Å². The lowest BCUT2D eigenvalue weighted by Gasteiger charge is -2.00. The van der Waals surface area contributed by atoms with Crippen LogP contribution in [0.3, 0.4) is 0 Å². The van der Waals surface area contributed by atoms with E-state index < -0.39 is 0 Å². The quantitative estimate of drug-likeness (QED) is 0.709. The van der Waals surface area contributed by atoms with Gasteiger partial charge in [0.1, 0.15) is 0 Å². The number of benzene rings is 1. The van der Waals surface area contributed by atoms with Gasteiger partial charge in [0.15, 0.2) is 5.82 Å². The molecule has 0 N–H and O–H groups in total. The summed E-state index contributed by atoms with van der Waals surface area (Å²) in [4.78, 5) is 4.29. The molecule has 0 aliphatic rings. The van der Waals surface area contributed by atoms with Crippen molar-refractivity contribution in [3.8, 4) is 11.5 Å². The van der Waals surface area contributed by atoms with Gasteiger partial charge in [-0.1, -0.05) is 30.1 Å². The molecular formula is C12H11BrCl2N2O. The minimum Gasteiger partial charge on any atom is -0.334 e. The molecule has 1 unspecified atom stereocenters. The number of nitrogens with zero attached hydrogens (tertiary/aromatic N) is 2. The smallest absolute Gasteiger partial charge is 0.258 e. The molecule has 1 aromatic carbocycles. The van der Waals surface area contributed by atoms with Crippen LogP contribution >= 0.6 is 39.1 Å². The molecule has 1 heterocycles. The Hall–Kier alpha value is -0.580. The van der Waals surface area contributed by atoms with Gasteiger partial charge in [0.05, 0.1) is 10.4 Å². The van der Waals surface area contributed by atoms with Crippen LogP contribution in [0.1, 0.15) is 31.0 Å². The van der Waals surface area contributed by atoms with Gasteiger partial charge < -0.3 is 4.52 Å². The first kappa shape index (κ1) is 13.8. The maximum atomic E-state index is 6.15. The van der Waals surface area contributed by atoms with Crippen molar-refractivity contribution in [2.24, 2.45) is 0 Å². The Balaban J connectivity index is 2.26. The summed E-state index contributed by atoms with van der Waals surface area (Å²) in [5.74, 6) is 0.953. The van der Waals surface area contributed by atoms with Crippen molar-refractivity contribution in [2.75, 3.05) is 0 Å². The minimum atomic E-state index is -0.210. The summed E-state index contributed by atoms with van der Waals surface area (Å²) < 4.78 is 6.02. The molecule has 96 valence electrons. The summed E-state index contributed by atoms with van der Waals surface area (Å²) in [5, 5.41) is 4.28. The molecule has 0 fully saturated rings. The van der Waals surface area contributed by atoms with E-state index in [1.165, 1.54) is 0 Å².